The van der Waals surface area contributed by atoms with E-state index in [2.05, 4.69) is 21.3 Å². The lowest BCUT2D eigenvalue weighted by Crippen LogP contribution is -2.32. The van der Waals surface area contributed by atoms with Gasteiger partial charge in [-0.1, -0.05) is 12.1 Å². The standard InChI is InChI=1S/C22H22F3N5.H2/c1-20(2,27)5-3-13-9-14(11-15(10-13)21(12-26)6-7-21)16-4-8-28-19-17(16)18(29-30-19)22(23,24)25;/h4,8-11H,3,5-7,27H2,1-2H3,(H,28,29,30);1H. The Balaban J connectivity index is 0.00000272. The second-order valence-electron chi connectivity index (χ2n) is 8.75. The normalized spacial score (nSPS) is 15.9. The number of aryl methyl sites for hydroxylation is 1. The minimum Gasteiger partial charge on any atom is -0.326 e. The fraction of sp³-hybridized carbons (Fsp3) is 0.409. The van der Waals surface area contributed by atoms with Gasteiger partial charge < -0.3 is 5.73 Å². The predicted molar refractivity (Wildman–Crippen MR) is 110 cm³/mol. The Bertz CT molecular complexity index is 1150. The number of fused-ring (bicyclic) bond motifs is 1. The molecule has 0 amide bonds. The van der Waals surface area contributed by atoms with Gasteiger partial charge in [-0.25, -0.2) is 4.98 Å². The summed E-state index contributed by atoms with van der Waals surface area (Å²) in [4.78, 5) is 3.98. The Morgan fingerprint density at radius 3 is 2.60 bits per heavy atom. The molecule has 3 N–H and O–H groups in total. The number of aromatic amines is 1. The van der Waals surface area contributed by atoms with E-state index in [9.17, 15) is 18.4 Å². The number of alkyl halides is 3. The van der Waals surface area contributed by atoms with Crippen LogP contribution in [0.15, 0.2) is 30.5 Å². The van der Waals surface area contributed by atoms with Crippen LogP contribution in [-0.2, 0) is 18.0 Å². The van der Waals surface area contributed by atoms with Crippen molar-refractivity contribution < 1.29 is 14.6 Å². The number of rotatable bonds is 5. The highest BCUT2D eigenvalue weighted by molar-refractivity contribution is 5.95. The molecule has 158 valence electrons. The molecule has 5 nitrogen and oxygen atoms in total. The van der Waals surface area contributed by atoms with Gasteiger partial charge in [0.25, 0.3) is 0 Å². The molecule has 1 saturated carbocycles. The van der Waals surface area contributed by atoms with Gasteiger partial charge in [0.1, 0.15) is 5.69 Å². The lowest BCUT2D eigenvalue weighted by atomic mass is 9.88. The first kappa shape index (κ1) is 20.4. The van der Waals surface area contributed by atoms with Crippen LogP contribution >= 0.6 is 0 Å². The van der Waals surface area contributed by atoms with Crippen LogP contribution in [0.5, 0.6) is 0 Å². The smallest absolute Gasteiger partial charge is 0.326 e. The third-order valence-corrected chi connectivity index (χ3v) is 5.62. The number of nitrogens with two attached hydrogens (primary N) is 1. The fourth-order valence-corrected chi connectivity index (χ4v) is 3.72. The lowest BCUT2D eigenvalue weighted by molar-refractivity contribution is -0.139. The van der Waals surface area contributed by atoms with Crippen LogP contribution in [0.1, 0.15) is 51.4 Å². The van der Waals surface area contributed by atoms with Crippen LogP contribution in [0.25, 0.3) is 22.2 Å². The first-order chi connectivity index (χ1) is 14.0. The molecule has 0 bridgehead atoms. The van der Waals surface area contributed by atoms with Gasteiger partial charge in [0.05, 0.1) is 16.9 Å². The third-order valence-electron chi connectivity index (χ3n) is 5.62. The van der Waals surface area contributed by atoms with Crippen molar-refractivity contribution in [2.75, 3.05) is 0 Å². The van der Waals surface area contributed by atoms with Gasteiger partial charge in [0.15, 0.2) is 5.65 Å². The van der Waals surface area contributed by atoms with E-state index in [-0.39, 0.29) is 18.0 Å². The highest BCUT2D eigenvalue weighted by Crippen LogP contribution is 2.49. The number of nitrogens with zero attached hydrogens (tertiary/aromatic N) is 3. The summed E-state index contributed by atoms with van der Waals surface area (Å²) < 4.78 is 40.7. The summed E-state index contributed by atoms with van der Waals surface area (Å²) in [5.41, 5.74) is 7.09. The monoisotopic (exact) mass is 415 g/mol. The molecule has 3 aromatic rings. The zero-order valence-corrected chi connectivity index (χ0v) is 16.8. The second kappa shape index (κ2) is 6.81. The molecule has 30 heavy (non-hydrogen) atoms. The first-order valence-electron chi connectivity index (χ1n) is 9.78. The van der Waals surface area contributed by atoms with Gasteiger partial charge in [-0.2, -0.15) is 23.5 Å². The average molecular weight is 415 g/mol. The molecule has 1 aliphatic carbocycles. The quantitative estimate of drug-likeness (QED) is 0.605. The van der Waals surface area contributed by atoms with Crippen LogP contribution in [0.3, 0.4) is 0 Å². The highest BCUT2D eigenvalue weighted by Gasteiger charge is 2.45. The Labute approximate surface area is 173 Å². The van der Waals surface area contributed by atoms with Crippen molar-refractivity contribution >= 4 is 11.0 Å². The van der Waals surface area contributed by atoms with E-state index < -0.39 is 17.3 Å². The van der Waals surface area contributed by atoms with Crippen LogP contribution in [-0.4, -0.2) is 20.7 Å². The molecule has 0 radical (unpaired) electrons. The zero-order chi connectivity index (χ0) is 21.7. The molecule has 4 rings (SSSR count). The van der Waals surface area contributed by atoms with E-state index >= 15 is 0 Å². The molecule has 0 saturated heterocycles. The van der Waals surface area contributed by atoms with Crippen LogP contribution < -0.4 is 5.73 Å². The van der Waals surface area contributed by atoms with Crippen LogP contribution in [0.4, 0.5) is 13.2 Å². The second-order valence-corrected chi connectivity index (χ2v) is 8.75. The molecular weight excluding hydrogens is 391 g/mol. The Hall–Kier alpha value is -2.92. The summed E-state index contributed by atoms with van der Waals surface area (Å²) in [6.07, 6.45) is -0.259. The average Bonchev–Trinajstić information content (AvgIpc) is 3.35. The van der Waals surface area contributed by atoms with Crippen molar-refractivity contribution in [1.29, 1.82) is 5.26 Å². The number of hydrogen-bond acceptors (Lipinski definition) is 4. The number of H-pyrrole nitrogens is 1. The summed E-state index contributed by atoms with van der Waals surface area (Å²) in [5.74, 6) is 0. The summed E-state index contributed by atoms with van der Waals surface area (Å²) in [6, 6.07) is 9.64. The summed E-state index contributed by atoms with van der Waals surface area (Å²) in [7, 11) is 0. The number of pyridine rings is 1. The number of nitriles is 1. The summed E-state index contributed by atoms with van der Waals surface area (Å²) >= 11 is 0. The molecule has 0 unspecified atom stereocenters. The Morgan fingerprint density at radius 2 is 2.00 bits per heavy atom. The molecule has 2 aromatic heterocycles. The first-order valence-corrected chi connectivity index (χ1v) is 9.78. The van der Waals surface area contributed by atoms with Gasteiger partial charge in [-0.05, 0) is 73.9 Å². The maximum atomic E-state index is 13.6. The minimum atomic E-state index is -4.58. The zero-order valence-electron chi connectivity index (χ0n) is 16.8. The number of nitrogens with one attached hydrogen (secondary N) is 1. The van der Waals surface area contributed by atoms with Crippen molar-refractivity contribution in [3.05, 3.63) is 47.3 Å². The third kappa shape index (κ3) is 3.77. The maximum Gasteiger partial charge on any atom is 0.433 e. The van der Waals surface area contributed by atoms with Gasteiger partial charge in [-0.15, -0.1) is 0 Å². The molecule has 0 atom stereocenters. The Kier molecular flexibility index (Phi) is 4.62. The number of halogens is 3. The van der Waals surface area contributed by atoms with E-state index in [0.717, 1.165) is 24.0 Å². The summed E-state index contributed by atoms with van der Waals surface area (Å²) in [5, 5.41) is 15.4. The van der Waals surface area contributed by atoms with Gasteiger partial charge in [-0.3, -0.25) is 5.10 Å². The molecule has 8 heteroatoms. The van der Waals surface area contributed by atoms with Crippen molar-refractivity contribution in [3.8, 4) is 17.2 Å². The molecule has 1 aromatic carbocycles. The number of benzene rings is 1. The molecule has 1 fully saturated rings. The van der Waals surface area contributed by atoms with Crippen molar-refractivity contribution in [3.63, 3.8) is 0 Å². The van der Waals surface area contributed by atoms with Gasteiger partial charge in [0, 0.05) is 13.2 Å². The molecule has 0 aliphatic heterocycles. The largest absolute Gasteiger partial charge is 0.433 e. The topological polar surface area (TPSA) is 91.4 Å². The SMILES string of the molecule is CC(C)(N)CCc1cc(-c2ccnc3n[nH]c(C(F)(F)F)c23)cc(C2(C#N)CC2)c1.[HH]. The van der Waals surface area contributed by atoms with Crippen molar-refractivity contribution in [2.45, 2.75) is 56.7 Å². The molecule has 2 heterocycles. The predicted octanol–water partition coefficient (Wildman–Crippen LogP) is 5.11. The number of aromatic nitrogens is 3. The molecule has 0 spiro atoms. The summed E-state index contributed by atoms with van der Waals surface area (Å²) in [6.45, 7) is 3.87. The fourth-order valence-electron chi connectivity index (χ4n) is 3.72. The minimum absolute atomic E-state index is 0. The van der Waals surface area contributed by atoms with Crippen molar-refractivity contribution in [1.82, 2.24) is 15.2 Å². The van der Waals surface area contributed by atoms with E-state index in [4.69, 9.17) is 5.73 Å². The van der Waals surface area contributed by atoms with E-state index in [1.165, 1.54) is 6.20 Å². The van der Waals surface area contributed by atoms with E-state index in [1.54, 1.807) is 6.07 Å². The Morgan fingerprint density at radius 1 is 1.27 bits per heavy atom. The molecule has 1 aliphatic rings. The maximum absolute atomic E-state index is 13.6. The van der Waals surface area contributed by atoms with Crippen LogP contribution in [0.2, 0.25) is 0 Å². The van der Waals surface area contributed by atoms with Crippen molar-refractivity contribution in [2.24, 2.45) is 5.73 Å². The molecular formula is C22H24F3N5. The number of hydrogen-bond donors (Lipinski definition) is 2. The van der Waals surface area contributed by atoms with E-state index in [0.29, 0.717) is 24.0 Å². The highest BCUT2D eigenvalue weighted by atomic mass is 19.4. The van der Waals surface area contributed by atoms with Crippen LogP contribution in [0, 0.1) is 11.3 Å². The lowest BCUT2D eigenvalue weighted by Gasteiger charge is -2.19. The van der Waals surface area contributed by atoms with Gasteiger partial charge in [0.2, 0.25) is 0 Å². The van der Waals surface area contributed by atoms with Gasteiger partial charge >= 0.3 is 6.18 Å². The van der Waals surface area contributed by atoms with E-state index in [1.807, 2.05) is 32.0 Å².